The standard InChI is InChI=1S/C18H16ClF3N4O2/c1-10(13-4-3-5-15(24-13)28-9-18(20,21)22)23-17(27)16-12-8-11(19)6-7-14(12)26(2)25-16/h3-8,10H,9H2,1-2H3,(H,23,27)/t10-/m1/s1. The van der Waals surface area contributed by atoms with Crippen LogP contribution < -0.4 is 10.1 Å². The maximum Gasteiger partial charge on any atom is 0.422 e. The van der Waals surface area contributed by atoms with E-state index >= 15 is 0 Å². The lowest BCUT2D eigenvalue weighted by Gasteiger charge is -2.14. The van der Waals surface area contributed by atoms with Crippen molar-refractivity contribution in [3.05, 3.63) is 52.8 Å². The third-order valence-electron chi connectivity index (χ3n) is 3.95. The van der Waals surface area contributed by atoms with Crippen molar-refractivity contribution in [3.8, 4) is 5.88 Å². The fourth-order valence-corrected chi connectivity index (χ4v) is 2.82. The number of carbonyl (C=O) groups excluding carboxylic acids is 1. The monoisotopic (exact) mass is 412 g/mol. The van der Waals surface area contributed by atoms with Crippen molar-refractivity contribution in [1.82, 2.24) is 20.1 Å². The van der Waals surface area contributed by atoms with Crippen LogP contribution in [0.3, 0.4) is 0 Å². The second-order valence-electron chi connectivity index (χ2n) is 6.13. The SMILES string of the molecule is C[C@@H](NC(=O)c1nn(C)c2ccc(Cl)cc12)c1cccc(OCC(F)(F)F)n1. The molecule has 3 rings (SSSR count). The molecule has 1 atom stereocenters. The van der Waals surface area contributed by atoms with Gasteiger partial charge in [0.1, 0.15) is 0 Å². The van der Waals surface area contributed by atoms with Gasteiger partial charge >= 0.3 is 6.18 Å². The highest BCUT2D eigenvalue weighted by atomic mass is 35.5. The van der Waals surface area contributed by atoms with Crippen LogP contribution in [0.15, 0.2) is 36.4 Å². The zero-order valence-corrected chi connectivity index (χ0v) is 15.7. The van der Waals surface area contributed by atoms with Crippen LogP contribution in [0.2, 0.25) is 5.02 Å². The molecule has 3 aromatic rings. The molecule has 148 valence electrons. The molecule has 28 heavy (non-hydrogen) atoms. The van der Waals surface area contributed by atoms with Crippen LogP contribution in [-0.2, 0) is 7.05 Å². The number of benzene rings is 1. The largest absolute Gasteiger partial charge is 0.468 e. The summed E-state index contributed by atoms with van der Waals surface area (Å²) < 4.78 is 43.1. The lowest BCUT2D eigenvalue weighted by molar-refractivity contribution is -0.154. The number of halogens is 4. The van der Waals surface area contributed by atoms with Gasteiger partial charge in [0.25, 0.3) is 5.91 Å². The predicted octanol–water partition coefficient (Wildman–Crippen LogP) is 4.05. The van der Waals surface area contributed by atoms with Crippen LogP contribution in [0, 0.1) is 0 Å². The van der Waals surface area contributed by atoms with Gasteiger partial charge < -0.3 is 10.1 Å². The molecule has 0 unspecified atom stereocenters. The molecule has 0 radical (unpaired) electrons. The summed E-state index contributed by atoms with van der Waals surface area (Å²) in [7, 11) is 1.71. The zero-order valence-electron chi connectivity index (χ0n) is 14.9. The van der Waals surface area contributed by atoms with E-state index < -0.39 is 24.7 Å². The number of hydrogen-bond donors (Lipinski definition) is 1. The van der Waals surface area contributed by atoms with Crippen LogP contribution in [0.25, 0.3) is 10.9 Å². The maximum absolute atomic E-state index is 12.7. The van der Waals surface area contributed by atoms with Crippen molar-refractivity contribution in [2.45, 2.75) is 19.1 Å². The number of amides is 1. The smallest absolute Gasteiger partial charge is 0.422 e. The van der Waals surface area contributed by atoms with Crippen LogP contribution in [0.5, 0.6) is 5.88 Å². The molecule has 0 aliphatic carbocycles. The Morgan fingerprint density at radius 2 is 2.07 bits per heavy atom. The summed E-state index contributed by atoms with van der Waals surface area (Å²) in [4.78, 5) is 16.7. The molecule has 0 fully saturated rings. The molecule has 6 nitrogen and oxygen atoms in total. The first kappa shape index (κ1) is 19.9. The number of nitrogens with zero attached hydrogens (tertiary/aromatic N) is 3. The Kier molecular flexibility index (Phi) is 5.46. The number of rotatable bonds is 5. The topological polar surface area (TPSA) is 69.0 Å². The molecular formula is C18H16ClF3N4O2. The molecule has 2 heterocycles. The van der Waals surface area contributed by atoms with E-state index in [0.717, 1.165) is 5.52 Å². The normalized spacial score (nSPS) is 12.8. The maximum atomic E-state index is 12.7. The molecule has 2 aromatic heterocycles. The number of alkyl halides is 3. The molecule has 10 heteroatoms. The van der Waals surface area contributed by atoms with E-state index in [1.165, 1.54) is 12.1 Å². The second-order valence-corrected chi connectivity index (χ2v) is 6.57. The lowest BCUT2D eigenvalue weighted by Crippen LogP contribution is -2.28. The Bertz CT molecular complexity index is 1020. The van der Waals surface area contributed by atoms with Gasteiger partial charge in [0.05, 0.1) is 17.3 Å². The van der Waals surface area contributed by atoms with E-state index in [4.69, 9.17) is 11.6 Å². The Hall–Kier alpha value is -2.81. The highest BCUT2D eigenvalue weighted by Crippen LogP contribution is 2.23. The van der Waals surface area contributed by atoms with Gasteiger partial charge in [-0.1, -0.05) is 17.7 Å². The molecule has 1 aromatic carbocycles. The molecule has 1 N–H and O–H groups in total. The molecular weight excluding hydrogens is 397 g/mol. The van der Waals surface area contributed by atoms with Gasteiger partial charge in [-0.3, -0.25) is 9.48 Å². The van der Waals surface area contributed by atoms with Gasteiger partial charge in [0.15, 0.2) is 12.3 Å². The summed E-state index contributed by atoms with van der Waals surface area (Å²) in [5.74, 6) is -0.630. The summed E-state index contributed by atoms with van der Waals surface area (Å²) in [6.07, 6.45) is -4.46. The zero-order chi connectivity index (χ0) is 20.5. The third kappa shape index (κ3) is 4.53. The summed E-state index contributed by atoms with van der Waals surface area (Å²) >= 11 is 6.01. The fourth-order valence-electron chi connectivity index (χ4n) is 2.65. The molecule has 0 aliphatic heterocycles. The number of nitrogens with one attached hydrogen (secondary N) is 1. The van der Waals surface area contributed by atoms with Crippen molar-refractivity contribution >= 4 is 28.4 Å². The van der Waals surface area contributed by atoms with Crippen LogP contribution >= 0.6 is 11.6 Å². The first-order valence-electron chi connectivity index (χ1n) is 8.23. The summed E-state index contributed by atoms with van der Waals surface area (Å²) in [5, 5.41) is 8.03. The highest BCUT2D eigenvalue weighted by Gasteiger charge is 2.28. The molecule has 0 spiro atoms. The van der Waals surface area contributed by atoms with Crippen molar-refractivity contribution < 1.29 is 22.7 Å². The summed E-state index contributed by atoms with van der Waals surface area (Å²) in [6, 6.07) is 8.93. The number of carbonyl (C=O) groups is 1. The van der Waals surface area contributed by atoms with E-state index in [2.05, 4.69) is 20.1 Å². The number of aromatic nitrogens is 3. The average molecular weight is 413 g/mol. The van der Waals surface area contributed by atoms with Gasteiger partial charge in [-0.25, -0.2) is 4.98 Å². The van der Waals surface area contributed by atoms with Crippen molar-refractivity contribution in [2.75, 3.05) is 6.61 Å². The van der Waals surface area contributed by atoms with Crippen molar-refractivity contribution in [1.29, 1.82) is 0 Å². The summed E-state index contributed by atoms with van der Waals surface area (Å²) in [6.45, 7) is 0.219. The minimum atomic E-state index is -4.46. The molecule has 0 saturated carbocycles. The minimum Gasteiger partial charge on any atom is -0.468 e. The number of pyridine rings is 1. The highest BCUT2D eigenvalue weighted by molar-refractivity contribution is 6.31. The van der Waals surface area contributed by atoms with Gasteiger partial charge in [-0.15, -0.1) is 0 Å². The van der Waals surface area contributed by atoms with Crippen LogP contribution in [-0.4, -0.2) is 33.5 Å². The quantitative estimate of drug-likeness (QED) is 0.686. The first-order chi connectivity index (χ1) is 13.1. The van der Waals surface area contributed by atoms with Gasteiger partial charge in [0.2, 0.25) is 5.88 Å². The first-order valence-corrected chi connectivity index (χ1v) is 8.61. The predicted molar refractivity (Wildman–Crippen MR) is 97.4 cm³/mol. The van der Waals surface area contributed by atoms with E-state index in [1.54, 1.807) is 42.9 Å². The minimum absolute atomic E-state index is 0.175. The Morgan fingerprint density at radius 1 is 1.32 bits per heavy atom. The number of hydrogen-bond acceptors (Lipinski definition) is 4. The van der Waals surface area contributed by atoms with E-state index in [0.29, 0.717) is 16.1 Å². The average Bonchev–Trinajstić information content (AvgIpc) is 2.95. The Labute approximate surface area is 163 Å². The van der Waals surface area contributed by atoms with E-state index in [9.17, 15) is 18.0 Å². The van der Waals surface area contributed by atoms with Crippen LogP contribution in [0.1, 0.15) is 29.1 Å². The molecule has 0 bridgehead atoms. The number of aryl methyl sites for hydroxylation is 1. The second kappa shape index (κ2) is 7.67. The third-order valence-corrected chi connectivity index (χ3v) is 4.18. The lowest BCUT2D eigenvalue weighted by atomic mass is 10.1. The number of ether oxygens (including phenoxy) is 1. The number of fused-ring (bicyclic) bond motifs is 1. The Balaban J connectivity index is 1.77. The molecule has 1 amide bonds. The summed E-state index contributed by atoms with van der Waals surface area (Å²) in [5.41, 5.74) is 1.28. The Morgan fingerprint density at radius 3 is 2.79 bits per heavy atom. The fraction of sp³-hybridized carbons (Fsp3) is 0.278. The van der Waals surface area contributed by atoms with Crippen molar-refractivity contribution in [3.63, 3.8) is 0 Å². The van der Waals surface area contributed by atoms with Crippen molar-refractivity contribution in [2.24, 2.45) is 7.05 Å². The molecule has 0 saturated heterocycles. The van der Waals surface area contributed by atoms with Crippen LogP contribution in [0.4, 0.5) is 13.2 Å². The molecule has 0 aliphatic rings. The van der Waals surface area contributed by atoms with Gasteiger partial charge in [0, 0.05) is 23.5 Å². The van der Waals surface area contributed by atoms with E-state index in [-0.39, 0.29) is 11.6 Å². The van der Waals surface area contributed by atoms with Gasteiger partial charge in [-0.2, -0.15) is 18.3 Å². The van der Waals surface area contributed by atoms with Gasteiger partial charge in [-0.05, 0) is 31.2 Å². The van der Waals surface area contributed by atoms with E-state index in [1.807, 2.05) is 0 Å².